The van der Waals surface area contributed by atoms with Gasteiger partial charge in [0, 0.05) is 45.1 Å². The number of aromatic nitrogens is 2. The van der Waals surface area contributed by atoms with E-state index >= 15 is 0 Å². The standard InChI is InChI=1S/C14H25N5O/c1-3-17-9-11-18(12-10-17)14(20)13(2)15-6-8-19-7-4-5-16-19/h4-5,7,13,15H,3,6,8-12H2,1-2H3/t13-/m1/s1. The minimum Gasteiger partial charge on any atom is -0.339 e. The minimum atomic E-state index is -0.126. The van der Waals surface area contributed by atoms with E-state index in [0.29, 0.717) is 0 Å². The summed E-state index contributed by atoms with van der Waals surface area (Å²) in [6, 6.07) is 1.78. The van der Waals surface area contributed by atoms with Crippen molar-refractivity contribution in [1.29, 1.82) is 0 Å². The van der Waals surface area contributed by atoms with Crippen LogP contribution in [0.1, 0.15) is 13.8 Å². The maximum atomic E-state index is 12.3. The third-order valence-electron chi connectivity index (χ3n) is 3.85. The summed E-state index contributed by atoms with van der Waals surface area (Å²) in [4.78, 5) is 16.7. The van der Waals surface area contributed by atoms with Crippen LogP contribution in [0.4, 0.5) is 0 Å². The van der Waals surface area contributed by atoms with E-state index in [-0.39, 0.29) is 11.9 Å². The summed E-state index contributed by atoms with van der Waals surface area (Å²) in [7, 11) is 0. The highest BCUT2D eigenvalue weighted by atomic mass is 16.2. The number of hydrogen-bond acceptors (Lipinski definition) is 4. The number of amides is 1. The fraction of sp³-hybridized carbons (Fsp3) is 0.714. The molecule has 0 aromatic carbocycles. The van der Waals surface area contributed by atoms with Gasteiger partial charge in [-0.1, -0.05) is 6.92 Å². The molecule has 0 saturated carbocycles. The summed E-state index contributed by atoms with van der Waals surface area (Å²) < 4.78 is 1.87. The largest absolute Gasteiger partial charge is 0.339 e. The summed E-state index contributed by atoms with van der Waals surface area (Å²) in [6.45, 7) is 10.4. The van der Waals surface area contributed by atoms with Crippen LogP contribution in [0.15, 0.2) is 18.5 Å². The van der Waals surface area contributed by atoms with Gasteiger partial charge in [-0.3, -0.25) is 9.48 Å². The highest BCUT2D eigenvalue weighted by Gasteiger charge is 2.23. The molecule has 1 atom stereocenters. The Hall–Kier alpha value is -1.40. The molecule has 112 valence electrons. The van der Waals surface area contributed by atoms with Crippen LogP contribution in [0.5, 0.6) is 0 Å². The van der Waals surface area contributed by atoms with E-state index in [1.165, 1.54) is 0 Å². The van der Waals surface area contributed by atoms with Gasteiger partial charge in [-0.15, -0.1) is 0 Å². The molecule has 1 aromatic heterocycles. The van der Waals surface area contributed by atoms with Crippen molar-refractivity contribution in [2.75, 3.05) is 39.3 Å². The molecule has 1 N–H and O–H groups in total. The molecule has 1 aromatic rings. The Kier molecular flexibility index (Phi) is 5.55. The van der Waals surface area contributed by atoms with Crippen molar-refractivity contribution in [2.45, 2.75) is 26.4 Å². The van der Waals surface area contributed by atoms with E-state index < -0.39 is 0 Å². The second kappa shape index (κ2) is 7.40. The summed E-state index contributed by atoms with van der Waals surface area (Å²) in [5.41, 5.74) is 0. The normalized spacial score (nSPS) is 18.2. The Morgan fingerprint density at radius 2 is 2.10 bits per heavy atom. The predicted molar refractivity (Wildman–Crippen MR) is 78.4 cm³/mol. The minimum absolute atomic E-state index is 0.126. The number of likely N-dealkylation sites (N-methyl/N-ethyl adjacent to an activating group) is 1. The first-order chi connectivity index (χ1) is 9.70. The molecule has 0 bridgehead atoms. The van der Waals surface area contributed by atoms with Crippen molar-refractivity contribution < 1.29 is 4.79 Å². The maximum absolute atomic E-state index is 12.3. The fourth-order valence-corrected chi connectivity index (χ4v) is 2.47. The smallest absolute Gasteiger partial charge is 0.239 e. The van der Waals surface area contributed by atoms with Gasteiger partial charge in [0.05, 0.1) is 12.6 Å². The Bertz CT molecular complexity index is 398. The molecule has 20 heavy (non-hydrogen) atoms. The summed E-state index contributed by atoms with van der Waals surface area (Å²) in [5, 5.41) is 7.42. The van der Waals surface area contributed by atoms with Crippen LogP contribution >= 0.6 is 0 Å². The molecular weight excluding hydrogens is 254 g/mol. The van der Waals surface area contributed by atoms with Gasteiger partial charge in [-0.2, -0.15) is 5.10 Å². The first-order valence-electron chi connectivity index (χ1n) is 7.42. The molecule has 1 aliphatic heterocycles. The van der Waals surface area contributed by atoms with Crippen LogP contribution in [-0.2, 0) is 11.3 Å². The van der Waals surface area contributed by atoms with Crippen LogP contribution in [0.25, 0.3) is 0 Å². The summed E-state index contributed by atoms with van der Waals surface area (Å²) in [5.74, 6) is 0.209. The molecular formula is C14H25N5O. The van der Waals surface area contributed by atoms with E-state index in [1.54, 1.807) is 6.20 Å². The van der Waals surface area contributed by atoms with Gasteiger partial charge in [0.15, 0.2) is 0 Å². The molecule has 1 saturated heterocycles. The molecule has 2 heterocycles. The molecule has 6 nitrogen and oxygen atoms in total. The molecule has 0 radical (unpaired) electrons. The third kappa shape index (κ3) is 4.05. The Balaban J connectivity index is 1.69. The van der Waals surface area contributed by atoms with Gasteiger partial charge in [-0.25, -0.2) is 0 Å². The van der Waals surface area contributed by atoms with Crippen LogP contribution in [0, 0.1) is 0 Å². The van der Waals surface area contributed by atoms with E-state index in [1.807, 2.05) is 28.8 Å². The number of carbonyl (C=O) groups is 1. The summed E-state index contributed by atoms with van der Waals surface area (Å²) in [6.07, 6.45) is 3.69. The van der Waals surface area contributed by atoms with Gasteiger partial charge >= 0.3 is 0 Å². The van der Waals surface area contributed by atoms with Crippen LogP contribution < -0.4 is 5.32 Å². The van der Waals surface area contributed by atoms with Crippen LogP contribution in [0.3, 0.4) is 0 Å². The molecule has 6 heteroatoms. The number of nitrogens with zero attached hydrogens (tertiary/aromatic N) is 4. The maximum Gasteiger partial charge on any atom is 0.239 e. The molecule has 0 spiro atoms. The van der Waals surface area contributed by atoms with Crippen molar-refractivity contribution in [3.05, 3.63) is 18.5 Å². The van der Waals surface area contributed by atoms with E-state index in [2.05, 4.69) is 22.2 Å². The predicted octanol–water partition coefficient (Wildman–Crippen LogP) is 0.0253. The van der Waals surface area contributed by atoms with Crippen LogP contribution in [0.2, 0.25) is 0 Å². The van der Waals surface area contributed by atoms with Gasteiger partial charge in [0.2, 0.25) is 5.91 Å². The lowest BCUT2D eigenvalue weighted by atomic mass is 10.2. The highest BCUT2D eigenvalue weighted by Crippen LogP contribution is 2.03. The molecule has 2 rings (SSSR count). The Morgan fingerprint density at radius 3 is 2.70 bits per heavy atom. The number of rotatable bonds is 6. The molecule has 0 unspecified atom stereocenters. The van der Waals surface area contributed by atoms with E-state index in [9.17, 15) is 4.79 Å². The Morgan fingerprint density at radius 1 is 1.35 bits per heavy atom. The molecule has 1 fully saturated rings. The fourth-order valence-electron chi connectivity index (χ4n) is 2.47. The van der Waals surface area contributed by atoms with Gasteiger partial charge in [0.1, 0.15) is 0 Å². The second-order valence-corrected chi connectivity index (χ2v) is 5.20. The third-order valence-corrected chi connectivity index (χ3v) is 3.85. The first kappa shape index (κ1) is 15.0. The van der Waals surface area contributed by atoms with Crippen molar-refractivity contribution in [2.24, 2.45) is 0 Å². The molecule has 1 aliphatic rings. The van der Waals surface area contributed by atoms with Gasteiger partial charge in [0.25, 0.3) is 0 Å². The van der Waals surface area contributed by atoms with Crippen molar-refractivity contribution >= 4 is 5.91 Å². The lowest BCUT2D eigenvalue weighted by Crippen LogP contribution is -2.53. The zero-order valence-corrected chi connectivity index (χ0v) is 12.5. The van der Waals surface area contributed by atoms with Crippen molar-refractivity contribution in [1.82, 2.24) is 24.9 Å². The average molecular weight is 279 g/mol. The SMILES string of the molecule is CCN1CCN(C(=O)[C@@H](C)NCCn2cccn2)CC1. The summed E-state index contributed by atoms with van der Waals surface area (Å²) >= 11 is 0. The average Bonchev–Trinajstić information content (AvgIpc) is 2.99. The Labute approximate surface area is 120 Å². The second-order valence-electron chi connectivity index (χ2n) is 5.20. The zero-order valence-electron chi connectivity index (χ0n) is 12.5. The van der Waals surface area contributed by atoms with E-state index in [4.69, 9.17) is 0 Å². The molecule has 1 amide bonds. The van der Waals surface area contributed by atoms with Crippen molar-refractivity contribution in [3.8, 4) is 0 Å². The van der Waals surface area contributed by atoms with Gasteiger partial charge in [-0.05, 0) is 19.5 Å². The van der Waals surface area contributed by atoms with Gasteiger partial charge < -0.3 is 15.1 Å². The highest BCUT2D eigenvalue weighted by molar-refractivity contribution is 5.81. The number of piperazine rings is 1. The van der Waals surface area contributed by atoms with E-state index in [0.717, 1.165) is 45.8 Å². The zero-order chi connectivity index (χ0) is 14.4. The van der Waals surface area contributed by atoms with Crippen molar-refractivity contribution in [3.63, 3.8) is 0 Å². The quantitative estimate of drug-likeness (QED) is 0.798. The number of nitrogens with one attached hydrogen (secondary N) is 1. The molecule has 0 aliphatic carbocycles. The number of carbonyl (C=O) groups excluding carboxylic acids is 1. The topological polar surface area (TPSA) is 53.4 Å². The number of hydrogen-bond donors (Lipinski definition) is 1. The monoisotopic (exact) mass is 279 g/mol. The van der Waals surface area contributed by atoms with Crippen LogP contribution in [-0.4, -0.2) is 70.8 Å². The first-order valence-corrected chi connectivity index (χ1v) is 7.42. The lowest BCUT2D eigenvalue weighted by Gasteiger charge is -2.35. The lowest BCUT2D eigenvalue weighted by molar-refractivity contribution is -0.134.